The Morgan fingerprint density at radius 1 is 1.03 bits per heavy atom. The minimum atomic E-state index is -3.82. The molecule has 7 heteroatoms. The molecule has 2 aromatic carbocycles. The van der Waals surface area contributed by atoms with Crippen LogP contribution in [0.15, 0.2) is 75.6 Å². The van der Waals surface area contributed by atoms with Crippen LogP contribution in [0.1, 0.15) is 37.7 Å². The molecule has 1 aliphatic carbocycles. The molecule has 0 heterocycles. The summed E-state index contributed by atoms with van der Waals surface area (Å²) in [6.07, 6.45) is 7.72. The van der Waals surface area contributed by atoms with Gasteiger partial charge in [0.1, 0.15) is 0 Å². The summed E-state index contributed by atoms with van der Waals surface area (Å²) in [6, 6.07) is 15.8. The molecule has 0 aromatic heterocycles. The summed E-state index contributed by atoms with van der Waals surface area (Å²) in [5.41, 5.74) is 2.21. The highest BCUT2D eigenvalue weighted by Crippen LogP contribution is 2.21. The van der Waals surface area contributed by atoms with Crippen LogP contribution in [-0.2, 0) is 21.4 Å². The minimum absolute atomic E-state index is 0.137. The van der Waals surface area contributed by atoms with Crippen molar-refractivity contribution in [2.45, 2.75) is 43.5 Å². The molecule has 0 atom stereocenters. The van der Waals surface area contributed by atoms with Gasteiger partial charge < -0.3 is 5.32 Å². The zero-order valence-corrected chi connectivity index (χ0v) is 19.3. The van der Waals surface area contributed by atoms with Crippen LogP contribution in [0.2, 0.25) is 0 Å². The van der Waals surface area contributed by atoms with Gasteiger partial charge in [0.15, 0.2) is 0 Å². The van der Waals surface area contributed by atoms with Crippen molar-refractivity contribution in [1.82, 2.24) is 9.62 Å². The number of benzene rings is 2. The predicted molar refractivity (Wildman–Crippen MR) is 122 cm³/mol. The number of nitrogens with zero attached hydrogens (tertiary/aromatic N) is 1. The maximum atomic E-state index is 13.2. The van der Waals surface area contributed by atoms with Crippen molar-refractivity contribution in [3.63, 3.8) is 0 Å². The van der Waals surface area contributed by atoms with Crippen LogP contribution in [-0.4, -0.2) is 31.7 Å². The molecule has 1 aliphatic rings. The van der Waals surface area contributed by atoms with E-state index in [1.165, 1.54) is 22.7 Å². The molecule has 0 fully saturated rings. The Balaban J connectivity index is 1.69. The van der Waals surface area contributed by atoms with Gasteiger partial charge in [-0.05, 0) is 61.9 Å². The van der Waals surface area contributed by atoms with Gasteiger partial charge in [-0.2, -0.15) is 4.31 Å². The van der Waals surface area contributed by atoms with Crippen molar-refractivity contribution in [2.75, 3.05) is 13.1 Å². The van der Waals surface area contributed by atoms with E-state index in [1.54, 1.807) is 24.3 Å². The van der Waals surface area contributed by atoms with Gasteiger partial charge in [0.05, 0.1) is 11.4 Å². The average molecular weight is 491 g/mol. The van der Waals surface area contributed by atoms with Crippen molar-refractivity contribution < 1.29 is 13.2 Å². The van der Waals surface area contributed by atoms with Crippen LogP contribution in [0.3, 0.4) is 0 Å². The molecule has 0 radical (unpaired) electrons. The lowest BCUT2D eigenvalue weighted by molar-refractivity contribution is -0.121. The molecule has 1 N–H and O–H groups in total. The third-order valence-corrected chi connectivity index (χ3v) is 7.46. The van der Waals surface area contributed by atoms with E-state index in [0.29, 0.717) is 6.54 Å². The second-order valence-corrected chi connectivity index (χ2v) is 10.3. The Bertz CT molecular complexity index is 973. The van der Waals surface area contributed by atoms with Crippen molar-refractivity contribution >= 4 is 31.9 Å². The summed E-state index contributed by atoms with van der Waals surface area (Å²) >= 11 is 3.33. The van der Waals surface area contributed by atoms with E-state index in [1.807, 2.05) is 30.3 Å². The lowest BCUT2D eigenvalue weighted by Crippen LogP contribution is -2.40. The average Bonchev–Trinajstić information content (AvgIpc) is 2.75. The van der Waals surface area contributed by atoms with Gasteiger partial charge in [-0.15, -0.1) is 0 Å². The molecule has 3 rings (SSSR count). The summed E-state index contributed by atoms with van der Waals surface area (Å²) in [5.74, 6) is -0.289. The van der Waals surface area contributed by atoms with Gasteiger partial charge >= 0.3 is 0 Å². The van der Waals surface area contributed by atoms with Crippen LogP contribution in [0.4, 0.5) is 0 Å². The van der Waals surface area contributed by atoms with Crippen molar-refractivity contribution in [3.8, 4) is 0 Å². The number of hydrogen-bond acceptors (Lipinski definition) is 3. The van der Waals surface area contributed by atoms with E-state index in [4.69, 9.17) is 0 Å². The van der Waals surface area contributed by atoms with E-state index >= 15 is 0 Å². The van der Waals surface area contributed by atoms with Gasteiger partial charge in [-0.25, -0.2) is 8.42 Å². The quantitative estimate of drug-likeness (QED) is 0.520. The standard InChI is InChI=1S/C23H27BrN2O3S/c24-21-11-13-22(14-12-21)30(28,29)26(17-20-9-5-2-6-10-20)18-23(27)25-16-15-19-7-3-1-4-8-19/h2,5-7,9-14H,1,3-4,8,15-18H2,(H,25,27). The van der Waals surface area contributed by atoms with Gasteiger partial charge in [0.25, 0.3) is 0 Å². The number of sulfonamides is 1. The molecular formula is C23H27BrN2O3S. The molecule has 1 amide bonds. The van der Waals surface area contributed by atoms with E-state index in [0.717, 1.165) is 29.3 Å². The number of allylic oxidation sites excluding steroid dienone is 1. The van der Waals surface area contributed by atoms with Gasteiger partial charge in [-0.3, -0.25) is 4.79 Å². The fourth-order valence-electron chi connectivity index (χ4n) is 3.48. The first-order valence-corrected chi connectivity index (χ1v) is 12.4. The Labute approximate surface area is 187 Å². The maximum absolute atomic E-state index is 13.2. The third-order valence-electron chi connectivity index (χ3n) is 5.13. The molecule has 0 saturated heterocycles. The van der Waals surface area contributed by atoms with Gasteiger partial charge in [0.2, 0.25) is 15.9 Å². The van der Waals surface area contributed by atoms with E-state index < -0.39 is 10.0 Å². The monoisotopic (exact) mass is 490 g/mol. The maximum Gasteiger partial charge on any atom is 0.243 e. The Hall–Kier alpha value is -1.96. The molecule has 0 saturated carbocycles. The van der Waals surface area contributed by atoms with Crippen LogP contribution in [0, 0.1) is 0 Å². The highest BCUT2D eigenvalue weighted by molar-refractivity contribution is 9.10. The van der Waals surface area contributed by atoms with Crippen molar-refractivity contribution in [1.29, 1.82) is 0 Å². The first kappa shape index (κ1) is 22.7. The number of amides is 1. The van der Waals surface area contributed by atoms with Gasteiger partial charge in [-0.1, -0.05) is 57.9 Å². The Morgan fingerprint density at radius 2 is 1.77 bits per heavy atom. The summed E-state index contributed by atoms with van der Waals surface area (Å²) in [5, 5.41) is 2.89. The summed E-state index contributed by atoms with van der Waals surface area (Å²) in [7, 11) is -3.82. The number of halogens is 1. The summed E-state index contributed by atoms with van der Waals surface area (Å²) < 4.78 is 28.5. The van der Waals surface area contributed by atoms with Crippen LogP contribution in [0.5, 0.6) is 0 Å². The normalized spacial score (nSPS) is 14.4. The van der Waals surface area contributed by atoms with Gasteiger partial charge in [0, 0.05) is 17.6 Å². The first-order chi connectivity index (χ1) is 14.4. The first-order valence-electron chi connectivity index (χ1n) is 10.2. The third kappa shape index (κ3) is 6.52. The van der Waals surface area contributed by atoms with Crippen LogP contribution < -0.4 is 5.32 Å². The fraction of sp³-hybridized carbons (Fsp3) is 0.348. The number of carbonyl (C=O) groups excluding carboxylic acids is 1. The molecule has 160 valence electrons. The molecule has 2 aromatic rings. The number of carbonyl (C=O) groups is 1. The highest BCUT2D eigenvalue weighted by Gasteiger charge is 2.26. The minimum Gasteiger partial charge on any atom is -0.355 e. The predicted octanol–water partition coefficient (Wildman–Crippen LogP) is 4.65. The number of rotatable bonds is 9. The van der Waals surface area contributed by atoms with E-state index in [-0.39, 0.29) is 23.9 Å². The second kappa shape index (κ2) is 10.9. The second-order valence-electron chi connectivity index (χ2n) is 7.42. The molecular weight excluding hydrogens is 464 g/mol. The zero-order chi connectivity index (χ0) is 21.4. The van der Waals surface area contributed by atoms with Crippen LogP contribution in [0.25, 0.3) is 0 Å². The number of hydrogen-bond donors (Lipinski definition) is 1. The summed E-state index contributed by atoms with van der Waals surface area (Å²) in [6.45, 7) is 0.451. The zero-order valence-electron chi connectivity index (χ0n) is 16.9. The Kier molecular flexibility index (Phi) is 8.24. The Morgan fingerprint density at radius 3 is 2.43 bits per heavy atom. The smallest absolute Gasteiger partial charge is 0.243 e. The van der Waals surface area contributed by atoms with E-state index in [9.17, 15) is 13.2 Å². The molecule has 5 nitrogen and oxygen atoms in total. The van der Waals surface area contributed by atoms with Crippen molar-refractivity contribution in [3.05, 3.63) is 76.3 Å². The largest absolute Gasteiger partial charge is 0.355 e. The lowest BCUT2D eigenvalue weighted by Gasteiger charge is -2.22. The van der Waals surface area contributed by atoms with Crippen LogP contribution >= 0.6 is 15.9 Å². The molecule has 0 bridgehead atoms. The lowest BCUT2D eigenvalue weighted by atomic mass is 9.97. The number of nitrogens with one attached hydrogen (secondary N) is 1. The summed E-state index contributed by atoms with van der Waals surface area (Å²) in [4.78, 5) is 12.7. The van der Waals surface area contributed by atoms with Crippen molar-refractivity contribution in [2.24, 2.45) is 0 Å². The topological polar surface area (TPSA) is 66.5 Å². The highest BCUT2D eigenvalue weighted by atomic mass is 79.9. The van der Waals surface area contributed by atoms with E-state index in [2.05, 4.69) is 27.3 Å². The SMILES string of the molecule is O=C(CN(Cc1ccccc1)S(=O)(=O)c1ccc(Br)cc1)NCCC1=CCCCC1. The molecule has 30 heavy (non-hydrogen) atoms. The molecule has 0 spiro atoms. The molecule has 0 unspecified atom stereocenters. The fourth-order valence-corrected chi connectivity index (χ4v) is 5.13. The molecule has 0 aliphatic heterocycles.